The Morgan fingerprint density at radius 2 is 1.96 bits per heavy atom. The van der Waals surface area contributed by atoms with Crippen LogP contribution >= 0.6 is 0 Å². The molecule has 0 bridgehead atoms. The predicted octanol–water partition coefficient (Wildman–Crippen LogP) is 3.16. The zero-order valence-corrected chi connectivity index (χ0v) is 13.8. The van der Waals surface area contributed by atoms with E-state index in [1.165, 1.54) is 12.4 Å². The lowest BCUT2D eigenvalue weighted by molar-refractivity contribution is -0.121. The summed E-state index contributed by atoms with van der Waals surface area (Å²) in [6.07, 6.45) is 3.88. The van der Waals surface area contributed by atoms with Gasteiger partial charge in [0.05, 0.1) is 5.69 Å². The van der Waals surface area contributed by atoms with Crippen LogP contribution in [0.5, 0.6) is 0 Å². The highest BCUT2D eigenvalue weighted by molar-refractivity contribution is 5.76. The lowest BCUT2D eigenvalue weighted by Crippen LogP contribution is -2.26. The third kappa shape index (κ3) is 4.84. The molecule has 0 aliphatic heterocycles. The van der Waals surface area contributed by atoms with Crippen molar-refractivity contribution in [1.82, 2.24) is 15.3 Å². The molecule has 0 saturated carbocycles. The largest absolute Gasteiger partial charge is 0.352 e. The Morgan fingerprint density at radius 3 is 2.65 bits per heavy atom. The van der Waals surface area contributed by atoms with E-state index in [2.05, 4.69) is 36.1 Å². The molecule has 0 aliphatic rings. The van der Waals surface area contributed by atoms with Crippen LogP contribution in [0.15, 0.2) is 36.8 Å². The highest BCUT2D eigenvalue weighted by atomic mass is 19.1. The minimum atomic E-state index is -0.272. The van der Waals surface area contributed by atoms with Gasteiger partial charge in [0.2, 0.25) is 5.91 Å². The molecule has 0 atom stereocenters. The summed E-state index contributed by atoms with van der Waals surface area (Å²) in [4.78, 5) is 20.3. The van der Waals surface area contributed by atoms with Gasteiger partial charge < -0.3 is 5.32 Å². The average Bonchev–Trinajstić information content (AvgIpc) is 2.51. The fourth-order valence-electron chi connectivity index (χ4n) is 2.39. The second-order valence-corrected chi connectivity index (χ2v) is 6.51. The van der Waals surface area contributed by atoms with Gasteiger partial charge in [0.1, 0.15) is 12.1 Å². The number of aromatic nitrogens is 2. The van der Waals surface area contributed by atoms with Crippen molar-refractivity contribution in [2.75, 3.05) is 0 Å². The first-order valence-electron chi connectivity index (χ1n) is 7.67. The summed E-state index contributed by atoms with van der Waals surface area (Å²) >= 11 is 0. The molecule has 0 aliphatic carbocycles. The van der Waals surface area contributed by atoms with Gasteiger partial charge in [-0.25, -0.2) is 14.4 Å². The first-order valence-corrected chi connectivity index (χ1v) is 7.67. The Morgan fingerprint density at radius 1 is 1.22 bits per heavy atom. The van der Waals surface area contributed by atoms with Crippen LogP contribution < -0.4 is 5.32 Å². The number of benzene rings is 1. The van der Waals surface area contributed by atoms with Gasteiger partial charge in [-0.1, -0.05) is 39.0 Å². The van der Waals surface area contributed by atoms with Crippen LogP contribution in [0.3, 0.4) is 0 Å². The Balaban J connectivity index is 1.92. The summed E-state index contributed by atoms with van der Waals surface area (Å²) < 4.78 is 13.5. The third-order valence-corrected chi connectivity index (χ3v) is 3.55. The molecule has 0 fully saturated rings. The van der Waals surface area contributed by atoms with E-state index in [9.17, 15) is 9.18 Å². The van der Waals surface area contributed by atoms with Crippen molar-refractivity contribution in [2.45, 2.75) is 45.6 Å². The Bertz CT molecular complexity index is 680. The number of aryl methyl sites for hydroxylation is 1. The average molecular weight is 315 g/mol. The summed E-state index contributed by atoms with van der Waals surface area (Å²) in [5.74, 6) is -0.385. The Labute approximate surface area is 136 Å². The van der Waals surface area contributed by atoms with E-state index < -0.39 is 0 Å². The molecule has 0 unspecified atom stereocenters. The number of nitrogens with one attached hydrogen (secondary N) is 1. The minimum absolute atomic E-state index is 0.114. The topological polar surface area (TPSA) is 54.9 Å². The highest BCUT2D eigenvalue weighted by Crippen LogP contribution is 2.22. The van der Waals surface area contributed by atoms with Crippen LogP contribution in [0, 0.1) is 5.82 Å². The van der Waals surface area contributed by atoms with Crippen LogP contribution in [0.2, 0.25) is 0 Å². The van der Waals surface area contributed by atoms with Gasteiger partial charge in [-0.2, -0.15) is 0 Å². The molecule has 1 N–H and O–H groups in total. The van der Waals surface area contributed by atoms with Crippen molar-refractivity contribution in [1.29, 1.82) is 0 Å². The van der Waals surface area contributed by atoms with Gasteiger partial charge in [0.15, 0.2) is 0 Å². The minimum Gasteiger partial charge on any atom is -0.352 e. The zero-order valence-electron chi connectivity index (χ0n) is 13.8. The van der Waals surface area contributed by atoms with E-state index in [1.54, 1.807) is 24.4 Å². The molecular formula is C18H22FN3O. The fourth-order valence-corrected chi connectivity index (χ4v) is 2.39. The van der Waals surface area contributed by atoms with Crippen molar-refractivity contribution in [3.05, 3.63) is 59.4 Å². The smallest absolute Gasteiger partial charge is 0.220 e. The van der Waals surface area contributed by atoms with E-state index >= 15 is 0 Å². The van der Waals surface area contributed by atoms with Crippen molar-refractivity contribution >= 4 is 5.91 Å². The molecule has 1 amide bonds. The van der Waals surface area contributed by atoms with Crippen LogP contribution in [0.25, 0.3) is 0 Å². The van der Waals surface area contributed by atoms with Gasteiger partial charge in [-0.3, -0.25) is 4.79 Å². The molecule has 4 nitrogen and oxygen atoms in total. The molecular weight excluding hydrogens is 293 g/mol. The van der Waals surface area contributed by atoms with Crippen LogP contribution in [-0.4, -0.2) is 15.9 Å². The molecule has 1 aromatic carbocycles. The summed E-state index contributed by atoms with van der Waals surface area (Å²) in [7, 11) is 0. The maximum Gasteiger partial charge on any atom is 0.220 e. The molecule has 2 rings (SSSR count). The van der Waals surface area contributed by atoms with Crippen LogP contribution in [0.4, 0.5) is 4.39 Å². The molecule has 122 valence electrons. The third-order valence-electron chi connectivity index (χ3n) is 3.55. The summed E-state index contributed by atoms with van der Waals surface area (Å²) in [5.41, 5.74) is 2.26. The normalized spacial score (nSPS) is 11.3. The molecule has 5 heteroatoms. The molecule has 0 saturated heterocycles. The number of carbonyl (C=O) groups excluding carboxylic acids is 1. The van der Waals surface area contributed by atoms with Gasteiger partial charge in [-0.15, -0.1) is 0 Å². The van der Waals surface area contributed by atoms with E-state index in [1.807, 2.05) is 0 Å². The maximum atomic E-state index is 13.5. The van der Waals surface area contributed by atoms with Crippen LogP contribution in [-0.2, 0) is 23.2 Å². The quantitative estimate of drug-likeness (QED) is 0.922. The first-order chi connectivity index (χ1) is 10.9. The van der Waals surface area contributed by atoms with Gasteiger partial charge in [0, 0.05) is 30.1 Å². The van der Waals surface area contributed by atoms with Crippen molar-refractivity contribution in [2.24, 2.45) is 0 Å². The van der Waals surface area contributed by atoms with Gasteiger partial charge in [-0.05, 0) is 18.1 Å². The SMILES string of the molecule is CC(C)(C)c1ncncc1CNC(=O)CCc1ccccc1F. The van der Waals surface area contributed by atoms with E-state index in [0.29, 0.717) is 18.5 Å². The van der Waals surface area contributed by atoms with Crippen molar-refractivity contribution in [3.63, 3.8) is 0 Å². The van der Waals surface area contributed by atoms with Gasteiger partial charge >= 0.3 is 0 Å². The predicted molar refractivity (Wildman–Crippen MR) is 87.3 cm³/mol. The number of carbonyl (C=O) groups is 1. The molecule has 1 heterocycles. The summed E-state index contributed by atoms with van der Waals surface area (Å²) in [5, 5.41) is 2.86. The standard InChI is InChI=1S/C18H22FN3O/c1-18(2,3)17-14(10-20-12-22-17)11-21-16(23)9-8-13-6-4-5-7-15(13)19/h4-7,10,12H,8-9,11H2,1-3H3,(H,21,23). The van der Waals surface area contributed by atoms with E-state index in [4.69, 9.17) is 0 Å². The fraction of sp³-hybridized carbons (Fsp3) is 0.389. The maximum absolute atomic E-state index is 13.5. The number of amides is 1. The molecule has 0 spiro atoms. The Hall–Kier alpha value is -2.30. The molecule has 1 aromatic heterocycles. The summed E-state index contributed by atoms with van der Waals surface area (Å²) in [6.45, 7) is 6.58. The molecule has 23 heavy (non-hydrogen) atoms. The molecule has 2 aromatic rings. The zero-order chi connectivity index (χ0) is 16.9. The van der Waals surface area contributed by atoms with Crippen molar-refractivity contribution in [3.8, 4) is 0 Å². The first kappa shape index (κ1) is 17.1. The number of nitrogens with zero attached hydrogens (tertiary/aromatic N) is 2. The lowest BCUT2D eigenvalue weighted by atomic mass is 9.89. The molecule has 0 radical (unpaired) electrons. The van der Waals surface area contributed by atoms with Crippen molar-refractivity contribution < 1.29 is 9.18 Å². The number of hydrogen-bond donors (Lipinski definition) is 1. The Kier molecular flexibility index (Phi) is 5.42. The summed E-state index contributed by atoms with van der Waals surface area (Å²) in [6, 6.07) is 6.52. The second-order valence-electron chi connectivity index (χ2n) is 6.51. The second kappa shape index (κ2) is 7.31. The van der Waals surface area contributed by atoms with Crippen LogP contribution in [0.1, 0.15) is 44.0 Å². The monoisotopic (exact) mass is 315 g/mol. The van der Waals surface area contributed by atoms with Gasteiger partial charge in [0.25, 0.3) is 0 Å². The number of halogens is 1. The number of rotatable bonds is 5. The highest BCUT2D eigenvalue weighted by Gasteiger charge is 2.19. The number of hydrogen-bond acceptors (Lipinski definition) is 3. The van der Waals surface area contributed by atoms with E-state index in [0.717, 1.165) is 11.3 Å². The lowest BCUT2D eigenvalue weighted by Gasteiger charge is -2.21. The van der Waals surface area contributed by atoms with E-state index in [-0.39, 0.29) is 23.6 Å².